The van der Waals surface area contributed by atoms with Crippen LogP contribution in [-0.4, -0.2) is 15.7 Å². The molecule has 0 saturated carbocycles. The predicted octanol–water partition coefficient (Wildman–Crippen LogP) is 1.32. The van der Waals surface area contributed by atoms with Crippen molar-refractivity contribution in [3.8, 4) is 0 Å². The summed E-state index contributed by atoms with van der Waals surface area (Å²) < 4.78 is 35.6. The van der Waals surface area contributed by atoms with Gasteiger partial charge in [0.05, 0.1) is 18.1 Å². The zero-order valence-corrected chi connectivity index (χ0v) is 6.59. The fourth-order valence-electron chi connectivity index (χ4n) is 0.729. The number of amides is 1. The molecule has 0 aliphatic rings. The summed E-state index contributed by atoms with van der Waals surface area (Å²) in [5, 5.41) is 5.19. The van der Waals surface area contributed by atoms with Crippen molar-refractivity contribution in [2.75, 3.05) is 5.32 Å². The Morgan fingerprint density at radius 1 is 1.62 bits per heavy atom. The van der Waals surface area contributed by atoms with Crippen LogP contribution in [0.5, 0.6) is 0 Å². The van der Waals surface area contributed by atoms with Crippen molar-refractivity contribution in [2.45, 2.75) is 13.2 Å². The van der Waals surface area contributed by atoms with Crippen LogP contribution in [0.25, 0.3) is 0 Å². The van der Waals surface area contributed by atoms with E-state index >= 15 is 0 Å². The van der Waals surface area contributed by atoms with Gasteiger partial charge in [0.25, 0.3) is 0 Å². The highest BCUT2D eigenvalue weighted by Crippen LogP contribution is 2.22. The highest BCUT2D eigenvalue weighted by atomic mass is 19.4. The Labute approximate surface area is 71.3 Å². The summed E-state index contributed by atoms with van der Waals surface area (Å²) in [7, 11) is 0. The molecule has 0 fully saturated rings. The molecule has 0 aliphatic heterocycles. The van der Waals surface area contributed by atoms with E-state index in [0.717, 1.165) is 6.20 Å². The quantitative estimate of drug-likeness (QED) is 0.731. The molecular formula is C6H6F3N3O. The topological polar surface area (TPSA) is 46.9 Å². The Kier molecular flexibility index (Phi) is 2.26. The first-order valence-electron chi connectivity index (χ1n) is 3.29. The number of hydrogen-bond donors (Lipinski definition) is 1. The molecule has 1 N–H and O–H groups in total. The van der Waals surface area contributed by atoms with Gasteiger partial charge in [0.15, 0.2) is 0 Å². The number of carbonyl (C=O) groups excluding carboxylic acids is 1. The van der Waals surface area contributed by atoms with E-state index in [-0.39, 0.29) is 10.4 Å². The number of hydrogen-bond acceptors (Lipinski definition) is 2. The van der Waals surface area contributed by atoms with E-state index in [1.165, 1.54) is 6.92 Å². The summed E-state index contributed by atoms with van der Waals surface area (Å²) in [4.78, 5) is 10.4. The molecule has 72 valence electrons. The average Bonchev–Trinajstić information content (AvgIpc) is 2.32. The minimum Gasteiger partial charge on any atom is -0.324 e. The number of nitrogens with zero attached hydrogens (tertiary/aromatic N) is 2. The summed E-state index contributed by atoms with van der Waals surface area (Å²) in [6.45, 7) is 1.20. The highest BCUT2D eigenvalue weighted by molar-refractivity contribution is 5.88. The van der Waals surface area contributed by atoms with E-state index in [1.807, 2.05) is 0 Å². The summed E-state index contributed by atoms with van der Waals surface area (Å²) in [5.41, 5.74) is 0.0184. The molecule has 0 aromatic carbocycles. The van der Waals surface area contributed by atoms with Gasteiger partial charge in [0.1, 0.15) is 0 Å². The lowest BCUT2D eigenvalue weighted by molar-refractivity contribution is -0.212. The second-order valence-electron chi connectivity index (χ2n) is 2.32. The van der Waals surface area contributed by atoms with Gasteiger partial charge in [-0.2, -0.15) is 9.78 Å². The Hall–Kier alpha value is -1.53. The van der Waals surface area contributed by atoms with Gasteiger partial charge in [-0.15, -0.1) is 13.2 Å². The van der Waals surface area contributed by atoms with Crippen molar-refractivity contribution in [3.63, 3.8) is 0 Å². The predicted molar refractivity (Wildman–Crippen MR) is 37.8 cm³/mol. The van der Waals surface area contributed by atoms with Crippen molar-refractivity contribution in [2.24, 2.45) is 0 Å². The molecule has 1 aromatic rings. The van der Waals surface area contributed by atoms with E-state index in [4.69, 9.17) is 0 Å². The third-order valence-electron chi connectivity index (χ3n) is 1.16. The molecule has 0 radical (unpaired) electrons. The maximum absolute atomic E-state index is 11.9. The van der Waals surface area contributed by atoms with Gasteiger partial charge >= 0.3 is 6.30 Å². The molecule has 1 heterocycles. The minimum absolute atomic E-state index is 0.0184. The molecule has 4 nitrogen and oxygen atoms in total. The summed E-state index contributed by atoms with van der Waals surface area (Å²) in [6.07, 6.45) is -2.92. The first-order valence-corrected chi connectivity index (χ1v) is 3.29. The van der Waals surface area contributed by atoms with Crippen LogP contribution in [0, 0.1) is 0 Å². The zero-order valence-electron chi connectivity index (χ0n) is 6.59. The Morgan fingerprint density at radius 2 is 2.23 bits per heavy atom. The van der Waals surface area contributed by atoms with E-state index in [1.54, 1.807) is 0 Å². The monoisotopic (exact) mass is 193 g/mol. The summed E-state index contributed by atoms with van der Waals surface area (Å²) in [5.74, 6) is -0.443. The maximum Gasteiger partial charge on any atom is 0.504 e. The fraction of sp³-hybridized carbons (Fsp3) is 0.333. The molecule has 1 rings (SSSR count). The summed E-state index contributed by atoms with van der Waals surface area (Å²) in [6, 6.07) is 0. The SMILES string of the molecule is CC(=O)Nc1cnn(C(F)(F)F)c1. The van der Waals surface area contributed by atoms with Crippen LogP contribution in [-0.2, 0) is 11.1 Å². The van der Waals surface area contributed by atoms with E-state index in [2.05, 4.69) is 10.4 Å². The van der Waals surface area contributed by atoms with Crippen LogP contribution >= 0.6 is 0 Å². The summed E-state index contributed by atoms with van der Waals surface area (Å²) >= 11 is 0. The average molecular weight is 193 g/mol. The van der Waals surface area contributed by atoms with E-state index in [0.29, 0.717) is 6.20 Å². The van der Waals surface area contributed by atoms with Gasteiger partial charge in [-0.3, -0.25) is 4.79 Å². The van der Waals surface area contributed by atoms with Gasteiger partial charge in [-0.1, -0.05) is 0 Å². The van der Waals surface area contributed by atoms with E-state index < -0.39 is 12.2 Å². The molecule has 13 heavy (non-hydrogen) atoms. The number of halogens is 3. The third-order valence-corrected chi connectivity index (χ3v) is 1.16. The van der Waals surface area contributed by atoms with Crippen LogP contribution in [0.15, 0.2) is 12.4 Å². The molecule has 0 unspecified atom stereocenters. The van der Waals surface area contributed by atoms with Crippen molar-refractivity contribution in [3.05, 3.63) is 12.4 Å². The van der Waals surface area contributed by atoms with Crippen molar-refractivity contribution in [1.82, 2.24) is 9.78 Å². The molecular weight excluding hydrogens is 187 g/mol. The second-order valence-corrected chi connectivity index (χ2v) is 2.32. The number of anilines is 1. The normalized spacial score (nSPS) is 11.4. The number of aromatic nitrogens is 2. The Balaban J connectivity index is 2.81. The number of carbonyl (C=O) groups is 1. The molecule has 0 aliphatic carbocycles. The molecule has 1 amide bonds. The van der Waals surface area contributed by atoms with Gasteiger partial charge < -0.3 is 5.32 Å². The minimum atomic E-state index is -4.54. The van der Waals surface area contributed by atoms with Gasteiger partial charge in [-0.05, 0) is 0 Å². The fourth-order valence-corrected chi connectivity index (χ4v) is 0.729. The second kappa shape index (κ2) is 3.08. The van der Waals surface area contributed by atoms with Gasteiger partial charge in [0, 0.05) is 6.92 Å². The van der Waals surface area contributed by atoms with Gasteiger partial charge in [0.2, 0.25) is 5.91 Å². The Morgan fingerprint density at radius 3 is 2.62 bits per heavy atom. The molecule has 0 bridgehead atoms. The van der Waals surface area contributed by atoms with Crippen LogP contribution in [0.1, 0.15) is 6.92 Å². The standard InChI is InChI=1S/C6H6F3N3O/c1-4(13)11-5-2-10-12(3-5)6(7,8)9/h2-3H,1H3,(H,11,13). The first kappa shape index (κ1) is 9.56. The van der Waals surface area contributed by atoms with Crippen LogP contribution in [0.2, 0.25) is 0 Å². The largest absolute Gasteiger partial charge is 0.504 e. The molecule has 0 atom stereocenters. The van der Waals surface area contributed by atoms with Crippen LogP contribution in [0.3, 0.4) is 0 Å². The van der Waals surface area contributed by atoms with Crippen molar-refractivity contribution >= 4 is 11.6 Å². The lowest BCUT2D eigenvalue weighted by atomic mass is 10.5. The van der Waals surface area contributed by atoms with E-state index in [9.17, 15) is 18.0 Å². The zero-order chi connectivity index (χ0) is 10.1. The van der Waals surface area contributed by atoms with Crippen LogP contribution in [0.4, 0.5) is 18.9 Å². The van der Waals surface area contributed by atoms with Crippen LogP contribution < -0.4 is 5.32 Å². The molecule has 0 spiro atoms. The number of nitrogens with one attached hydrogen (secondary N) is 1. The first-order chi connectivity index (χ1) is 5.89. The van der Waals surface area contributed by atoms with Crippen molar-refractivity contribution in [1.29, 1.82) is 0 Å². The third kappa shape index (κ3) is 2.46. The van der Waals surface area contributed by atoms with Crippen molar-refractivity contribution < 1.29 is 18.0 Å². The number of rotatable bonds is 1. The molecule has 7 heteroatoms. The smallest absolute Gasteiger partial charge is 0.324 e. The molecule has 0 saturated heterocycles. The van der Waals surface area contributed by atoms with Gasteiger partial charge in [-0.25, -0.2) is 0 Å². The molecule has 1 aromatic heterocycles. The lowest BCUT2D eigenvalue weighted by Gasteiger charge is -2.03. The maximum atomic E-state index is 11.9. The Bertz CT molecular complexity index is 317. The lowest BCUT2D eigenvalue weighted by Crippen LogP contribution is -2.16. The highest BCUT2D eigenvalue weighted by Gasteiger charge is 2.31. The number of alkyl halides is 3.